The van der Waals surface area contributed by atoms with E-state index in [0.29, 0.717) is 12.0 Å². The monoisotopic (exact) mass is 311 g/mol. The van der Waals surface area contributed by atoms with E-state index in [0.717, 1.165) is 10.1 Å². The third-order valence-corrected chi connectivity index (χ3v) is 5.19. The van der Waals surface area contributed by atoms with Crippen LogP contribution < -0.4 is 5.32 Å². The Morgan fingerprint density at radius 3 is 2.50 bits per heavy atom. The lowest BCUT2D eigenvalue weighted by Gasteiger charge is -2.27. The second-order valence-electron chi connectivity index (χ2n) is 5.12. The van der Waals surface area contributed by atoms with Gasteiger partial charge in [-0.1, -0.05) is 38.3 Å². The highest BCUT2D eigenvalue weighted by Gasteiger charge is 2.23. The second kappa shape index (κ2) is 7.30. The van der Waals surface area contributed by atoms with Gasteiger partial charge in [0.2, 0.25) is 0 Å². The predicted molar refractivity (Wildman–Crippen MR) is 86.5 cm³/mol. The fraction of sp³-hybridized carbons (Fsp3) is 0.500. The molecular formula is C16H22ClNOS. The zero-order chi connectivity index (χ0) is 14.5. The van der Waals surface area contributed by atoms with Crippen molar-refractivity contribution in [2.75, 3.05) is 0 Å². The predicted octanol–water partition coefficient (Wildman–Crippen LogP) is 5.50. The Bertz CT molecular complexity index is 504. The minimum absolute atomic E-state index is 0.0816. The van der Waals surface area contributed by atoms with Gasteiger partial charge in [0.05, 0.1) is 10.6 Å². The number of hydrogen-bond donors (Lipinski definition) is 1. The molecule has 2 atom stereocenters. The van der Waals surface area contributed by atoms with Gasteiger partial charge in [-0.25, -0.2) is 0 Å². The van der Waals surface area contributed by atoms with Crippen LogP contribution in [0.5, 0.6) is 0 Å². The smallest absolute Gasteiger partial charge is 0.126 e. The van der Waals surface area contributed by atoms with Crippen molar-refractivity contribution in [3.8, 4) is 0 Å². The molecule has 110 valence electrons. The molecule has 0 aromatic carbocycles. The summed E-state index contributed by atoms with van der Waals surface area (Å²) in [4.78, 5) is 1.20. The Kier molecular flexibility index (Phi) is 5.70. The van der Waals surface area contributed by atoms with Gasteiger partial charge in [-0.2, -0.15) is 0 Å². The quantitative estimate of drug-likeness (QED) is 0.730. The van der Waals surface area contributed by atoms with Crippen LogP contribution in [0.15, 0.2) is 34.9 Å². The second-order valence-corrected chi connectivity index (χ2v) is 6.87. The van der Waals surface area contributed by atoms with Crippen LogP contribution >= 0.6 is 22.9 Å². The van der Waals surface area contributed by atoms with Crippen molar-refractivity contribution >= 4 is 22.9 Å². The van der Waals surface area contributed by atoms with E-state index in [1.807, 2.05) is 18.2 Å². The first-order chi connectivity index (χ1) is 9.65. The fourth-order valence-electron chi connectivity index (χ4n) is 2.64. The van der Waals surface area contributed by atoms with Gasteiger partial charge in [0.15, 0.2) is 0 Å². The van der Waals surface area contributed by atoms with E-state index >= 15 is 0 Å². The summed E-state index contributed by atoms with van der Waals surface area (Å²) in [5.74, 6) is 1.62. The van der Waals surface area contributed by atoms with Crippen molar-refractivity contribution in [2.24, 2.45) is 5.92 Å². The van der Waals surface area contributed by atoms with E-state index in [-0.39, 0.29) is 6.04 Å². The van der Waals surface area contributed by atoms with Crippen molar-refractivity contribution < 1.29 is 4.42 Å². The van der Waals surface area contributed by atoms with Crippen LogP contribution in [0.1, 0.15) is 50.3 Å². The Hall–Kier alpha value is -0.770. The summed E-state index contributed by atoms with van der Waals surface area (Å²) in [5.41, 5.74) is 0. The SMILES string of the molecule is CCC(CC)C(C)NC(c1ccco1)c1ccc(Cl)s1. The molecule has 0 fully saturated rings. The highest BCUT2D eigenvalue weighted by atomic mass is 35.5. The molecular weight excluding hydrogens is 290 g/mol. The van der Waals surface area contributed by atoms with Gasteiger partial charge in [0.25, 0.3) is 0 Å². The lowest BCUT2D eigenvalue weighted by molar-refractivity contribution is 0.321. The summed E-state index contributed by atoms with van der Waals surface area (Å²) in [5, 5.41) is 3.71. The summed E-state index contributed by atoms with van der Waals surface area (Å²) < 4.78 is 6.42. The minimum atomic E-state index is 0.0816. The van der Waals surface area contributed by atoms with Crippen molar-refractivity contribution in [3.05, 3.63) is 45.5 Å². The lowest BCUT2D eigenvalue weighted by atomic mass is 9.94. The summed E-state index contributed by atoms with van der Waals surface area (Å²) in [6.45, 7) is 6.75. The summed E-state index contributed by atoms with van der Waals surface area (Å²) in [6, 6.07) is 8.48. The first-order valence-electron chi connectivity index (χ1n) is 7.20. The van der Waals surface area contributed by atoms with Crippen LogP contribution in [0.4, 0.5) is 0 Å². The molecule has 0 saturated heterocycles. The molecule has 0 aliphatic heterocycles. The van der Waals surface area contributed by atoms with Crippen molar-refractivity contribution in [2.45, 2.75) is 45.7 Å². The maximum atomic E-state index is 6.08. The largest absolute Gasteiger partial charge is 0.467 e. The van der Waals surface area contributed by atoms with Gasteiger partial charge in [-0.3, -0.25) is 0 Å². The van der Waals surface area contributed by atoms with E-state index in [1.165, 1.54) is 17.7 Å². The molecule has 0 amide bonds. The van der Waals surface area contributed by atoms with E-state index < -0.39 is 0 Å². The van der Waals surface area contributed by atoms with Crippen LogP contribution in [-0.2, 0) is 0 Å². The van der Waals surface area contributed by atoms with E-state index in [2.05, 4.69) is 32.2 Å². The number of rotatable bonds is 7. The fourth-order valence-corrected chi connectivity index (χ4v) is 3.77. The Balaban J connectivity index is 2.20. The summed E-state index contributed by atoms with van der Waals surface area (Å²) in [6.07, 6.45) is 4.09. The van der Waals surface area contributed by atoms with Crippen molar-refractivity contribution in [3.63, 3.8) is 0 Å². The van der Waals surface area contributed by atoms with E-state index in [1.54, 1.807) is 17.6 Å². The van der Waals surface area contributed by atoms with Crippen LogP contribution in [-0.4, -0.2) is 6.04 Å². The molecule has 0 aliphatic carbocycles. The zero-order valence-corrected chi connectivity index (χ0v) is 13.8. The number of nitrogens with one attached hydrogen (secondary N) is 1. The Labute approximate surface area is 130 Å². The maximum absolute atomic E-state index is 6.08. The highest BCUT2D eigenvalue weighted by molar-refractivity contribution is 7.16. The molecule has 2 aromatic heterocycles. The molecule has 20 heavy (non-hydrogen) atoms. The van der Waals surface area contributed by atoms with Crippen LogP contribution in [0.25, 0.3) is 0 Å². The standard InChI is InChI=1S/C16H22ClNOS/c1-4-12(5-2)11(3)18-16(13-7-6-10-19-13)14-8-9-15(17)20-14/h6-12,16,18H,4-5H2,1-3H3. The van der Waals surface area contributed by atoms with Crippen molar-refractivity contribution in [1.29, 1.82) is 0 Å². The molecule has 4 heteroatoms. The van der Waals surface area contributed by atoms with Crippen LogP contribution in [0, 0.1) is 5.92 Å². The number of halogens is 1. The average Bonchev–Trinajstić information content (AvgIpc) is 3.09. The van der Waals surface area contributed by atoms with Gasteiger partial charge >= 0.3 is 0 Å². The Morgan fingerprint density at radius 1 is 1.25 bits per heavy atom. The Morgan fingerprint density at radius 2 is 2.00 bits per heavy atom. The van der Waals surface area contributed by atoms with Crippen LogP contribution in [0.3, 0.4) is 0 Å². The average molecular weight is 312 g/mol. The normalized spacial score (nSPS) is 14.7. The van der Waals surface area contributed by atoms with Gasteiger partial charge < -0.3 is 9.73 Å². The van der Waals surface area contributed by atoms with Crippen LogP contribution in [0.2, 0.25) is 4.34 Å². The maximum Gasteiger partial charge on any atom is 0.126 e. The highest BCUT2D eigenvalue weighted by Crippen LogP contribution is 2.32. The van der Waals surface area contributed by atoms with E-state index in [4.69, 9.17) is 16.0 Å². The lowest BCUT2D eigenvalue weighted by Crippen LogP contribution is -2.36. The topological polar surface area (TPSA) is 25.2 Å². The first-order valence-corrected chi connectivity index (χ1v) is 8.39. The summed E-state index contributed by atoms with van der Waals surface area (Å²) in [7, 11) is 0. The molecule has 1 N–H and O–H groups in total. The zero-order valence-electron chi connectivity index (χ0n) is 12.2. The molecule has 2 unspecified atom stereocenters. The number of furan rings is 1. The van der Waals surface area contributed by atoms with E-state index in [9.17, 15) is 0 Å². The molecule has 0 radical (unpaired) electrons. The van der Waals surface area contributed by atoms with Crippen molar-refractivity contribution in [1.82, 2.24) is 5.32 Å². The molecule has 2 rings (SSSR count). The molecule has 2 aromatic rings. The van der Waals surface area contributed by atoms with Gasteiger partial charge in [-0.15, -0.1) is 11.3 Å². The molecule has 2 heterocycles. The first kappa shape index (κ1) is 15.6. The molecule has 2 nitrogen and oxygen atoms in total. The van der Waals surface area contributed by atoms with Gasteiger partial charge in [-0.05, 0) is 37.1 Å². The molecule has 0 bridgehead atoms. The minimum Gasteiger partial charge on any atom is -0.467 e. The number of hydrogen-bond acceptors (Lipinski definition) is 3. The third-order valence-electron chi connectivity index (χ3n) is 3.89. The van der Waals surface area contributed by atoms with Gasteiger partial charge in [0, 0.05) is 10.9 Å². The molecule has 0 aliphatic rings. The summed E-state index contributed by atoms with van der Waals surface area (Å²) >= 11 is 7.69. The van der Waals surface area contributed by atoms with Gasteiger partial charge in [0.1, 0.15) is 11.8 Å². The third kappa shape index (κ3) is 3.66. The molecule has 0 spiro atoms. The molecule has 0 saturated carbocycles. The number of thiophene rings is 1.